The van der Waals surface area contributed by atoms with Gasteiger partial charge in [0.25, 0.3) is 0 Å². The van der Waals surface area contributed by atoms with Gasteiger partial charge in [0.2, 0.25) is 11.8 Å². The third-order valence-corrected chi connectivity index (χ3v) is 10.0. The zero-order valence-corrected chi connectivity index (χ0v) is 28.4. The number of nitrogens with zero attached hydrogens (tertiary/aromatic N) is 8. The zero-order chi connectivity index (χ0) is 32.7. The van der Waals surface area contributed by atoms with Gasteiger partial charge in [-0.15, -0.1) is 0 Å². The van der Waals surface area contributed by atoms with Crippen LogP contribution in [0.15, 0.2) is 82.1 Å². The second kappa shape index (κ2) is 15.2. The Morgan fingerprint density at radius 1 is 0.604 bits per heavy atom. The van der Waals surface area contributed by atoms with Gasteiger partial charge in [0.15, 0.2) is 11.6 Å². The number of piperidine rings is 2. The van der Waals surface area contributed by atoms with E-state index in [2.05, 4.69) is 44.4 Å². The average molecular weight is 679 g/mol. The van der Waals surface area contributed by atoms with Gasteiger partial charge in [-0.05, 0) is 62.5 Å². The summed E-state index contributed by atoms with van der Waals surface area (Å²) in [5.41, 5.74) is 3.75. The van der Waals surface area contributed by atoms with Crippen molar-refractivity contribution in [3.05, 3.63) is 119 Å². The Kier molecular flexibility index (Phi) is 10.2. The van der Waals surface area contributed by atoms with Crippen molar-refractivity contribution >= 4 is 34.4 Å². The third kappa shape index (κ3) is 7.50. The number of hydrogen-bond acceptors (Lipinski definition) is 10. The molecule has 0 aliphatic carbocycles. The first-order chi connectivity index (χ1) is 23.6. The molecule has 0 radical (unpaired) electrons. The maximum absolute atomic E-state index is 5.97. The number of benzene rings is 2. The van der Waals surface area contributed by atoms with E-state index < -0.39 is 0 Å². The summed E-state index contributed by atoms with van der Waals surface area (Å²) in [6, 6.07) is 20.5. The van der Waals surface area contributed by atoms with Crippen molar-refractivity contribution in [2.75, 3.05) is 13.1 Å². The van der Waals surface area contributed by atoms with E-state index in [0.29, 0.717) is 44.8 Å². The third-order valence-electron chi connectivity index (χ3n) is 9.12. The molecule has 0 saturated carbocycles. The summed E-state index contributed by atoms with van der Waals surface area (Å²) in [7, 11) is 0. The standard InChI is InChI=1S/C36H38N8O2S2/c47-35(43-21-9-7-15-29(43)33-39-31(41-45-33)19-17-25-11-3-1-4-12-25)27-23-38-28(24-37-27)36(48)44-22-10-8-16-30(44)34-40-32(42-46-34)20-18-26-13-5-2-6-14-26/h1-6,11-14,23-24,29-30H,7-10,15-22H2/t29-,30-/m0/s1. The molecular formula is C36H38N8O2S2. The van der Waals surface area contributed by atoms with Crippen molar-refractivity contribution < 1.29 is 9.05 Å². The van der Waals surface area contributed by atoms with Crippen LogP contribution in [0.2, 0.25) is 0 Å². The normalized spacial score (nSPS) is 18.2. The Labute approximate surface area is 291 Å². The van der Waals surface area contributed by atoms with Gasteiger partial charge in [-0.1, -0.05) is 95.4 Å². The van der Waals surface area contributed by atoms with Crippen molar-refractivity contribution in [3.63, 3.8) is 0 Å². The molecule has 3 aromatic heterocycles. The largest absolute Gasteiger partial charge is 0.349 e. The highest BCUT2D eigenvalue weighted by atomic mass is 32.1. The maximum Gasteiger partial charge on any atom is 0.249 e. The maximum atomic E-state index is 5.97. The summed E-state index contributed by atoms with van der Waals surface area (Å²) in [4.78, 5) is 24.6. The van der Waals surface area contributed by atoms with Gasteiger partial charge in [0.1, 0.15) is 33.4 Å². The molecule has 7 rings (SSSR count). The smallest absolute Gasteiger partial charge is 0.249 e. The average Bonchev–Trinajstić information content (AvgIpc) is 3.84. The van der Waals surface area contributed by atoms with Crippen molar-refractivity contribution in [1.29, 1.82) is 0 Å². The highest BCUT2D eigenvalue weighted by Gasteiger charge is 2.33. The lowest BCUT2D eigenvalue weighted by Crippen LogP contribution is -2.39. The Balaban J connectivity index is 0.999. The number of likely N-dealkylation sites (tertiary alicyclic amines) is 2. The lowest BCUT2D eigenvalue weighted by molar-refractivity contribution is 0.197. The minimum absolute atomic E-state index is 0.0899. The first-order valence-electron chi connectivity index (χ1n) is 16.8. The van der Waals surface area contributed by atoms with Gasteiger partial charge < -0.3 is 18.8 Å². The number of aryl methyl sites for hydroxylation is 4. The van der Waals surface area contributed by atoms with Gasteiger partial charge >= 0.3 is 0 Å². The van der Waals surface area contributed by atoms with E-state index in [0.717, 1.165) is 77.3 Å². The van der Waals surface area contributed by atoms with Crippen LogP contribution in [0, 0.1) is 0 Å². The molecule has 0 spiro atoms. The molecule has 2 aliphatic rings. The molecule has 246 valence electrons. The molecule has 48 heavy (non-hydrogen) atoms. The van der Waals surface area contributed by atoms with E-state index in [1.807, 2.05) is 36.4 Å². The van der Waals surface area contributed by atoms with Gasteiger partial charge in [-0.2, -0.15) is 9.97 Å². The molecule has 2 aliphatic heterocycles. The van der Waals surface area contributed by atoms with Crippen LogP contribution in [0.3, 0.4) is 0 Å². The Morgan fingerprint density at radius 3 is 1.46 bits per heavy atom. The first kappa shape index (κ1) is 32.1. The monoisotopic (exact) mass is 678 g/mol. The van der Waals surface area contributed by atoms with Gasteiger partial charge in [-0.25, -0.2) is 9.97 Å². The van der Waals surface area contributed by atoms with Gasteiger partial charge in [0, 0.05) is 25.9 Å². The fourth-order valence-electron chi connectivity index (χ4n) is 6.52. The second-order valence-corrected chi connectivity index (χ2v) is 13.1. The van der Waals surface area contributed by atoms with E-state index >= 15 is 0 Å². The Morgan fingerprint density at radius 2 is 1.04 bits per heavy atom. The molecular weight excluding hydrogens is 641 g/mol. The fourth-order valence-corrected chi connectivity index (χ4v) is 7.16. The Hall–Kier alpha value is -4.42. The fraction of sp³-hybridized carbons (Fsp3) is 0.389. The molecule has 0 N–H and O–H groups in total. The summed E-state index contributed by atoms with van der Waals surface area (Å²) in [5, 5.41) is 8.56. The summed E-state index contributed by atoms with van der Waals surface area (Å²) >= 11 is 11.9. The number of hydrogen-bond donors (Lipinski definition) is 0. The topological polar surface area (TPSA) is 110 Å². The minimum atomic E-state index is -0.0899. The number of rotatable bonds is 10. The summed E-state index contributed by atoms with van der Waals surface area (Å²) in [6.07, 6.45) is 12.6. The molecule has 2 fully saturated rings. The summed E-state index contributed by atoms with van der Waals surface area (Å²) in [5.74, 6) is 2.63. The molecule has 0 bridgehead atoms. The first-order valence-corrected chi connectivity index (χ1v) is 17.6. The van der Waals surface area contributed by atoms with Crippen LogP contribution < -0.4 is 0 Å². The van der Waals surface area contributed by atoms with E-state index in [-0.39, 0.29) is 12.1 Å². The Bertz CT molecular complexity index is 1680. The molecule has 2 atom stereocenters. The van der Waals surface area contributed by atoms with Crippen molar-refractivity contribution in [1.82, 2.24) is 40.0 Å². The van der Waals surface area contributed by atoms with Crippen LogP contribution in [0.5, 0.6) is 0 Å². The van der Waals surface area contributed by atoms with Crippen molar-refractivity contribution in [3.8, 4) is 0 Å². The van der Waals surface area contributed by atoms with Crippen LogP contribution in [0.4, 0.5) is 0 Å². The highest BCUT2D eigenvalue weighted by molar-refractivity contribution is 7.81. The van der Waals surface area contributed by atoms with Crippen LogP contribution in [-0.4, -0.2) is 63.1 Å². The molecule has 12 heteroatoms. The molecule has 10 nitrogen and oxygen atoms in total. The van der Waals surface area contributed by atoms with Crippen molar-refractivity contribution in [2.45, 2.75) is 76.3 Å². The summed E-state index contributed by atoms with van der Waals surface area (Å²) < 4.78 is 11.5. The predicted octanol–water partition coefficient (Wildman–Crippen LogP) is 6.62. The second-order valence-electron chi connectivity index (χ2n) is 12.4. The van der Waals surface area contributed by atoms with Crippen LogP contribution >= 0.6 is 24.4 Å². The lowest BCUT2D eigenvalue weighted by atomic mass is 10.0. The van der Waals surface area contributed by atoms with Gasteiger partial charge in [-0.3, -0.25) is 0 Å². The molecule has 0 unspecified atom stereocenters. The highest BCUT2D eigenvalue weighted by Crippen LogP contribution is 2.33. The molecule has 5 aromatic rings. The lowest BCUT2D eigenvalue weighted by Gasteiger charge is -2.35. The minimum Gasteiger partial charge on any atom is -0.349 e. The van der Waals surface area contributed by atoms with Crippen molar-refractivity contribution in [2.24, 2.45) is 0 Å². The predicted molar refractivity (Wildman–Crippen MR) is 188 cm³/mol. The van der Waals surface area contributed by atoms with Crippen LogP contribution in [-0.2, 0) is 25.7 Å². The molecule has 2 saturated heterocycles. The molecule has 5 heterocycles. The SMILES string of the molecule is S=C(c1cnc(C(=S)N2CCCC[C@H]2c2nc(CCc3ccccc3)no2)cn1)N1CCCC[C@H]1c1nc(CCc2ccccc2)no1. The van der Waals surface area contributed by atoms with E-state index in [1.54, 1.807) is 12.4 Å². The quantitative estimate of drug-likeness (QED) is 0.148. The van der Waals surface area contributed by atoms with Gasteiger partial charge in [0.05, 0.1) is 12.4 Å². The number of thiocarbonyl (C=S) groups is 2. The van der Waals surface area contributed by atoms with Crippen LogP contribution in [0.25, 0.3) is 0 Å². The number of aromatic nitrogens is 6. The van der Waals surface area contributed by atoms with E-state index in [1.165, 1.54) is 11.1 Å². The molecule has 0 amide bonds. The van der Waals surface area contributed by atoms with E-state index in [9.17, 15) is 0 Å². The summed E-state index contributed by atoms with van der Waals surface area (Å²) in [6.45, 7) is 1.58. The zero-order valence-electron chi connectivity index (χ0n) is 26.8. The molecule has 2 aromatic carbocycles. The van der Waals surface area contributed by atoms with Crippen LogP contribution in [0.1, 0.15) is 96.6 Å². The van der Waals surface area contributed by atoms with E-state index in [4.69, 9.17) is 53.4 Å².